The van der Waals surface area contributed by atoms with Gasteiger partial charge in [0.05, 0.1) is 12.5 Å². The molecule has 0 aromatic rings. The minimum Gasteiger partial charge on any atom is -0.481 e. The number of likely N-dealkylation sites (tertiary alicyclic amines) is 1. The number of carboxylic acids is 1. The van der Waals surface area contributed by atoms with Gasteiger partial charge in [-0.2, -0.15) is 0 Å². The van der Waals surface area contributed by atoms with Gasteiger partial charge in [-0.3, -0.25) is 4.79 Å². The van der Waals surface area contributed by atoms with Crippen LogP contribution in [0.1, 0.15) is 19.8 Å². The van der Waals surface area contributed by atoms with Crippen LogP contribution in [0.15, 0.2) is 0 Å². The van der Waals surface area contributed by atoms with E-state index < -0.39 is 12.1 Å². The molecule has 4 heteroatoms. The maximum absolute atomic E-state index is 10.5. The maximum atomic E-state index is 10.5. The predicted octanol–water partition coefficient (Wildman–Crippen LogP) is 0.162. The van der Waals surface area contributed by atoms with E-state index in [2.05, 4.69) is 4.90 Å². The van der Waals surface area contributed by atoms with Crippen LogP contribution in [0.3, 0.4) is 0 Å². The van der Waals surface area contributed by atoms with Crippen molar-refractivity contribution in [2.75, 3.05) is 13.6 Å². The van der Waals surface area contributed by atoms with Gasteiger partial charge in [-0.25, -0.2) is 0 Å². The fourth-order valence-electron chi connectivity index (χ4n) is 1.91. The third kappa shape index (κ3) is 2.42. The highest BCUT2D eigenvalue weighted by Gasteiger charge is 2.33. The smallest absolute Gasteiger partial charge is 0.303 e. The van der Waals surface area contributed by atoms with E-state index in [1.807, 2.05) is 14.0 Å². The van der Waals surface area contributed by atoms with Crippen molar-refractivity contribution in [2.45, 2.75) is 31.9 Å². The molecule has 13 heavy (non-hydrogen) atoms. The molecular formula is C9H17NO3. The number of carboxylic acid groups (broad SMARTS) is 1. The number of piperidine rings is 1. The van der Waals surface area contributed by atoms with Crippen molar-refractivity contribution in [3.8, 4) is 0 Å². The summed E-state index contributed by atoms with van der Waals surface area (Å²) in [5.74, 6) is -0.956. The monoisotopic (exact) mass is 187 g/mol. The van der Waals surface area contributed by atoms with Crippen LogP contribution in [0.25, 0.3) is 0 Å². The van der Waals surface area contributed by atoms with Crippen molar-refractivity contribution in [3.05, 3.63) is 0 Å². The molecule has 3 atom stereocenters. The highest BCUT2D eigenvalue weighted by molar-refractivity contribution is 5.67. The minimum absolute atomic E-state index is 0.0622. The predicted molar refractivity (Wildman–Crippen MR) is 48.5 cm³/mol. The second-order valence-electron chi connectivity index (χ2n) is 3.84. The number of aliphatic hydroxyl groups excluding tert-OH is 1. The van der Waals surface area contributed by atoms with Crippen molar-refractivity contribution in [3.63, 3.8) is 0 Å². The Kier molecular flexibility index (Phi) is 3.27. The second kappa shape index (κ2) is 4.07. The molecule has 0 amide bonds. The zero-order valence-electron chi connectivity index (χ0n) is 8.10. The summed E-state index contributed by atoms with van der Waals surface area (Å²) < 4.78 is 0. The first kappa shape index (κ1) is 10.5. The van der Waals surface area contributed by atoms with Gasteiger partial charge >= 0.3 is 5.97 Å². The van der Waals surface area contributed by atoms with Crippen LogP contribution in [0.2, 0.25) is 0 Å². The first-order valence-electron chi connectivity index (χ1n) is 4.62. The molecule has 1 heterocycles. The Labute approximate surface area is 78.2 Å². The molecule has 76 valence electrons. The zero-order chi connectivity index (χ0) is 10.0. The number of nitrogens with zero attached hydrogens (tertiary/aromatic N) is 1. The fourth-order valence-corrected chi connectivity index (χ4v) is 1.91. The van der Waals surface area contributed by atoms with Gasteiger partial charge in [0.15, 0.2) is 0 Å². The third-order valence-electron chi connectivity index (χ3n) is 3.00. The van der Waals surface area contributed by atoms with Gasteiger partial charge in [-0.05, 0) is 20.4 Å². The number of carbonyl (C=O) groups is 1. The second-order valence-corrected chi connectivity index (χ2v) is 3.84. The molecule has 0 saturated carbocycles. The van der Waals surface area contributed by atoms with Gasteiger partial charge in [-0.1, -0.05) is 0 Å². The zero-order valence-corrected chi connectivity index (χ0v) is 8.10. The van der Waals surface area contributed by atoms with Gasteiger partial charge in [0.1, 0.15) is 0 Å². The Morgan fingerprint density at radius 2 is 2.23 bits per heavy atom. The Bertz CT molecular complexity index is 195. The van der Waals surface area contributed by atoms with Crippen LogP contribution in [0, 0.1) is 5.92 Å². The van der Waals surface area contributed by atoms with Gasteiger partial charge < -0.3 is 15.1 Å². The van der Waals surface area contributed by atoms with Crippen LogP contribution in [0.5, 0.6) is 0 Å². The molecule has 1 aliphatic rings. The van der Waals surface area contributed by atoms with Crippen molar-refractivity contribution in [1.29, 1.82) is 0 Å². The largest absolute Gasteiger partial charge is 0.481 e. The molecule has 0 aliphatic carbocycles. The number of hydrogen-bond acceptors (Lipinski definition) is 3. The Balaban J connectivity index is 2.60. The van der Waals surface area contributed by atoms with Crippen molar-refractivity contribution in [2.24, 2.45) is 5.92 Å². The Morgan fingerprint density at radius 1 is 1.62 bits per heavy atom. The molecule has 0 bridgehead atoms. The SMILES string of the molecule is CC1C(CC(=O)O)C(O)CCN1C. The van der Waals surface area contributed by atoms with Crippen LogP contribution in [-0.2, 0) is 4.79 Å². The van der Waals surface area contributed by atoms with Crippen molar-refractivity contribution >= 4 is 5.97 Å². The first-order chi connectivity index (χ1) is 6.02. The Hall–Kier alpha value is -0.610. The summed E-state index contributed by atoms with van der Waals surface area (Å²) in [6.45, 7) is 2.81. The van der Waals surface area contributed by atoms with Crippen LogP contribution in [-0.4, -0.2) is 46.8 Å². The number of hydrogen-bond donors (Lipinski definition) is 2. The van der Waals surface area contributed by atoms with Crippen LogP contribution < -0.4 is 0 Å². The lowest BCUT2D eigenvalue weighted by Crippen LogP contribution is -2.48. The molecular weight excluding hydrogens is 170 g/mol. The fraction of sp³-hybridized carbons (Fsp3) is 0.889. The van der Waals surface area contributed by atoms with Gasteiger partial charge in [0.25, 0.3) is 0 Å². The molecule has 1 fully saturated rings. The van der Waals surface area contributed by atoms with Gasteiger partial charge in [0, 0.05) is 18.5 Å². The van der Waals surface area contributed by atoms with Crippen LogP contribution in [0.4, 0.5) is 0 Å². The van der Waals surface area contributed by atoms with Crippen molar-refractivity contribution in [1.82, 2.24) is 4.90 Å². The molecule has 0 radical (unpaired) electrons. The van der Waals surface area contributed by atoms with E-state index in [4.69, 9.17) is 5.11 Å². The summed E-state index contributed by atoms with van der Waals surface area (Å²) in [7, 11) is 1.96. The molecule has 0 aromatic carbocycles. The summed E-state index contributed by atoms with van der Waals surface area (Å²) in [4.78, 5) is 12.6. The van der Waals surface area contributed by atoms with Gasteiger partial charge in [-0.15, -0.1) is 0 Å². The maximum Gasteiger partial charge on any atom is 0.303 e. The molecule has 2 N–H and O–H groups in total. The molecule has 3 unspecified atom stereocenters. The molecule has 0 aromatic heterocycles. The average molecular weight is 187 g/mol. The van der Waals surface area contributed by atoms with E-state index in [1.54, 1.807) is 0 Å². The molecule has 1 rings (SSSR count). The van der Waals surface area contributed by atoms with Crippen molar-refractivity contribution < 1.29 is 15.0 Å². The van der Waals surface area contributed by atoms with Gasteiger partial charge in [0.2, 0.25) is 0 Å². The van der Waals surface area contributed by atoms with E-state index in [-0.39, 0.29) is 18.4 Å². The average Bonchev–Trinajstić information content (AvgIpc) is 2.05. The summed E-state index contributed by atoms with van der Waals surface area (Å²) in [6.07, 6.45) is 0.285. The van der Waals surface area contributed by atoms with E-state index in [0.717, 1.165) is 6.54 Å². The molecule has 0 spiro atoms. The quantitative estimate of drug-likeness (QED) is 0.646. The third-order valence-corrected chi connectivity index (χ3v) is 3.00. The lowest BCUT2D eigenvalue weighted by molar-refractivity contribution is -0.141. The number of aliphatic hydroxyl groups is 1. The lowest BCUT2D eigenvalue weighted by atomic mass is 9.85. The minimum atomic E-state index is -0.828. The van der Waals surface area contributed by atoms with Crippen LogP contribution >= 0.6 is 0 Å². The molecule has 1 saturated heterocycles. The van der Waals surface area contributed by atoms with E-state index in [0.29, 0.717) is 6.42 Å². The summed E-state index contributed by atoms with van der Waals surface area (Å²) >= 11 is 0. The molecule has 1 aliphatic heterocycles. The van der Waals surface area contributed by atoms with E-state index >= 15 is 0 Å². The summed E-state index contributed by atoms with van der Waals surface area (Å²) in [5.41, 5.74) is 0. The lowest BCUT2D eigenvalue weighted by Gasteiger charge is -2.39. The van der Waals surface area contributed by atoms with E-state index in [1.165, 1.54) is 0 Å². The Morgan fingerprint density at radius 3 is 2.77 bits per heavy atom. The summed E-state index contributed by atoms with van der Waals surface area (Å²) in [6, 6.07) is 0.153. The highest BCUT2D eigenvalue weighted by Crippen LogP contribution is 2.25. The first-order valence-corrected chi connectivity index (χ1v) is 4.62. The van der Waals surface area contributed by atoms with E-state index in [9.17, 15) is 9.90 Å². The normalized spacial score (nSPS) is 36.1. The highest BCUT2D eigenvalue weighted by atomic mass is 16.4. The standard InChI is InChI=1S/C9H17NO3/c1-6-7(5-9(12)13)8(11)3-4-10(6)2/h6-8,11H,3-5H2,1-2H3,(H,12,13). The number of rotatable bonds is 2. The molecule has 4 nitrogen and oxygen atoms in total. The topological polar surface area (TPSA) is 60.8 Å². The summed E-state index contributed by atoms with van der Waals surface area (Å²) in [5, 5.41) is 18.3. The number of aliphatic carboxylic acids is 1.